The lowest BCUT2D eigenvalue weighted by atomic mass is 10.2. The molecule has 0 aliphatic carbocycles. The number of thiophene rings is 1. The third kappa shape index (κ3) is 4.06. The highest BCUT2D eigenvalue weighted by atomic mass is 32.1. The van der Waals surface area contributed by atoms with Crippen LogP contribution in [0.1, 0.15) is 15.2 Å². The minimum absolute atomic E-state index is 0.290. The van der Waals surface area contributed by atoms with Gasteiger partial charge in [-0.1, -0.05) is 0 Å². The Labute approximate surface area is 114 Å². The minimum Gasteiger partial charge on any atom is -0.468 e. The van der Waals surface area contributed by atoms with E-state index < -0.39 is 11.9 Å². The summed E-state index contributed by atoms with van der Waals surface area (Å²) in [5.74, 6) is -1.57. The lowest BCUT2D eigenvalue weighted by molar-refractivity contribution is -0.144. The first kappa shape index (κ1) is 15.2. The van der Waals surface area contributed by atoms with Crippen molar-refractivity contribution < 1.29 is 23.9 Å². The zero-order valence-corrected chi connectivity index (χ0v) is 11.8. The van der Waals surface area contributed by atoms with Gasteiger partial charge in [-0.2, -0.15) is 0 Å². The first-order chi connectivity index (χ1) is 8.99. The number of esters is 2. The maximum atomic E-state index is 12.3. The lowest BCUT2D eigenvalue weighted by Gasteiger charge is -2.19. The van der Waals surface area contributed by atoms with E-state index in [0.717, 1.165) is 10.5 Å². The number of carbonyl (C=O) groups excluding carboxylic acids is 3. The lowest BCUT2D eigenvalue weighted by Crippen LogP contribution is -2.40. The third-order valence-electron chi connectivity index (χ3n) is 2.44. The molecule has 0 spiro atoms. The Bertz CT molecular complexity index is 464. The van der Waals surface area contributed by atoms with Crippen LogP contribution in [-0.2, 0) is 19.1 Å². The van der Waals surface area contributed by atoms with Crippen LogP contribution in [0.5, 0.6) is 0 Å². The normalized spacial score (nSPS) is 9.84. The summed E-state index contributed by atoms with van der Waals surface area (Å²) in [5, 5.41) is 1.77. The van der Waals surface area contributed by atoms with Crippen LogP contribution in [0.3, 0.4) is 0 Å². The van der Waals surface area contributed by atoms with Crippen LogP contribution >= 0.6 is 11.3 Å². The standard InChI is InChI=1S/C12H15NO5S/c1-8-4-5-19-11(8)12(16)13(6-9(14)17-2)7-10(15)18-3/h4-5H,6-7H2,1-3H3. The molecule has 1 heterocycles. The average Bonchev–Trinajstić information content (AvgIpc) is 2.82. The van der Waals surface area contributed by atoms with Crippen molar-refractivity contribution >= 4 is 29.2 Å². The van der Waals surface area contributed by atoms with E-state index in [0.29, 0.717) is 4.88 Å². The predicted octanol–water partition coefficient (Wildman–Crippen LogP) is 0.845. The number of amides is 1. The molecular formula is C12H15NO5S. The number of hydrogen-bond donors (Lipinski definition) is 0. The van der Waals surface area contributed by atoms with Gasteiger partial charge in [0, 0.05) is 0 Å². The third-order valence-corrected chi connectivity index (χ3v) is 3.44. The molecule has 19 heavy (non-hydrogen) atoms. The summed E-state index contributed by atoms with van der Waals surface area (Å²) in [5.41, 5.74) is 0.801. The molecule has 0 unspecified atom stereocenters. The van der Waals surface area contributed by atoms with E-state index in [1.165, 1.54) is 25.6 Å². The van der Waals surface area contributed by atoms with Crippen molar-refractivity contribution in [2.45, 2.75) is 6.92 Å². The van der Waals surface area contributed by atoms with Gasteiger partial charge in [0.25, 0.3) is 5.91 Å². The fraction of sp³-hybridized carbons (Fsp3) is 0.417. The van der Waals surface area contributed by atoms with Crippen molar-refractivity contribution in [2.24, 2.45) is 0 Å². The molecule has 104 valence electrons. The minimum atomic E-state index is -0.591. The predicted molar refractivity (Wildman–Crippen MR) is 69.0 cm³/mol. The van der Waals surface area contributed by atoms with Gasteiger partial charge in [-0.15, -0.1) is 11.3 Å². The van der Waals surface area contributed by atoms with Gasteiger partial charge >= 0.3 is 11.9 Å². The molecule has 0 saturated heterocycles. The molecular weight excluding hydrogens is 270 g/mol. The molecule has 0 aliphatic rings. The van der Waals surface area contributed by atoms with Crippen LogP contribution in [0.25, 0.3) is 0 Å². The number of carbonyl (C=O) groups is 3. The summed E-state index contributed by atoms with van der Waals surface area (Å²) in [6, 6.07) is 1.80. The van der Waals surface area contributed by atoms with E-state index in [-0.39, 0.29) is 19.0 Å². The van der Waals surface area contributed by atoms with Gasteiger partial charge in [0.15, 0.2) is 0 Å². The summed E-state index contributed by atoms with van der Waals surface area (Å²) >= 11 is 1.26. The first-order valence-corrected chi connectivity index (χ1v) is 6.34. The Balaban J connectivity index is 2.89. The Morgan fingerprint density at radius 2 is 1.68 bits per heavy atom. The van der Waals surface area contributed by atoms with Gasteiger partial charge in [0.05, 0.1) is 19.1 Å². The smallest absolute Gasteiger partial charge is 0.325 e. The molecule has 0 bridgehead atoms. The topological polar surface area (TPSA) is 72.9 Å². The number of nitrogens with zero attached hydrogens (tertiary/aromatic N) is 1. The first-order valence-electron chi connectivity index (χ1n) is 5.46. The Morgan fingerprint density at radius 3 is 2.05 bits per heavy atom. The summed E-state index contributed by atoms with van der Waals surface area (Å²) in [4.78, 5) is 36.4. The molecule has 0 aliphatic heterocycles. The van der Waals surface area contributed by atoms with E-state index in [9.17, 15) is 14.4 Å². The quantitative estimate of drug-likeness (QED) is 0.750. The molecule has 1 aromatic rings. The summed E-state index contributed by atoms with van der Waals surface area (Å²) in [6.45, 7) is 1.21. The molecule has 6 nitrogen and oxygen atoms in total. The van der Waals surface area contributed by atoms with Crippen molar-refractivity contribution in [3.05, 3.63) is 21.9 Å². The Hall–Kier alpha value is -1.89. The molecule has 0 atom stereocenters. The highest BCUT2D eigenvalue weighted by Gasteiger charge is 2.24. The van der Waals surface area contributed by atoms with E-state index >= 15 is 0 Å². The molecule has 0 aromatic carbocycles. The van der Waals surface area contributed by atoms with Crippen molar-refractivity contribution in [2.75, 3.05) is 27.3 Å². The maximum Gasteiger partial charge on any atom is 0.325 e. The highest BCUT2D eigenvalue weighted by Crippen LogP contribution is 2.18. The van der Waals surface area contributed by atoms with Crippen LogP contribution in [0, 0.1) is 6.92 Å². The molecule has 1 rings (SSSR count). The molecule has 0 radical (unpaired) electrons. The van der Waals surface area contributed by atoms with Crippen molar-refractivity contribution in [1.82, 2.24) is 4.90 Å². The van der Waals surface area contributed by atoms with Crippen molar-refractivity contribution in [3.8, 4) is 0 Å². The number of ether oxygens (including phenoxy) is 2. The van der Waals surface area contributed by atoms with Gasteiger partial charge in [-0.25, -0.2) is 0 Å². The van der Waals surface area contributed by atoms with Crippen LogP contribution < -0.4 is 0 Å². The van der Waals surface area contributed by atoms with E-state index in [4.69, 9.17) is 0 Å². The Morgan fingerprint density at radius 1 is 1.16 bits per heavy atom. The second-order valence-corrected chi connectivity index (χ2v) is 4.66. The van der Waals surface area contributed by atoms with Crippen LogP contribution in [0.15, 0.2) is 11.4 Å². The Kier molecular flexibility index (Phi) is 5.50. The van der Waals surface area contributed by atoms with Gasteiger partial charge in [0.2, 0.25) is 0 Å². The molecule has 1 aromatic heterocycles. The molecule has 0 fully saturated rings. The SMILES string of the molecule is COC(=O)CN(CC(=O)OC)C(=O)c1sccc1C. The number of rotatable bonds is 5. The zero-order chi connectivity index (χ0) is 14.4. The van der Waals surface area contributed by atoms with E-state index in [2.05, 4.69) is 9.47 Å². The second-order valence-electron chi connectivity index (χ2n) is 3.75. The average molecular weight is 285 g/mol. The van der Waals surface area contributed by atoms with Crippen LogP contribution in [-0.4, -0.2) is 50.1 Å². The van der Waals surface area contributed by atoms with Gasteiger partial charge in [-0.3, -0.25) is 14.4 Å². The second kappa shape index (κ2) is 6.89. The van der Waals surface area contributed by atoms with Gasteiger partial charge < -0.3 is 14.4 Å². The number of methoxy groups -OCH3 is 2. The van der Waals surface area contributed by atoms with Crippen molar-refractivity contribution in [1.29, 1.82) is 0 Å². The maximum absolute atomic E-state index is 12.3. The molecule has 0 saturated carbocycles. The molecule has 1 amide bonds. The fourth-order valence-electron chi connectivity index (χ4n) is 1.38. The van der Waals surface area contributed by atoms with Crippen molar-refractivity contribution in [3.63, 3.8) is 0 Å². The van der Waals surface area contributed by atoms with Crippen LogP contribution in [0.2, 0.25) is 0 Å². The van der Waals surface area contributed by atoms with E-state index in [1.807, 2.05) is 0 Å². The largest absolute Gasteiger partial charge is 0.468 e. The van der Waals surface area contributed by atoms with E-state index in [1.54, 1.807) is 18.4 Å². The molecule has 7 heteroatoms. The monoisotopic (exact) mass is 285 g/mol. The van der Waals surface area contributed by atoms with Gasteiger partial charge in [-0.05, 0) is 23.9 Å². The van der Waals surface area contributed by atoms with Crippen LogP contribution in [0.4, 0.5) is 0 Å². The van der Waals surface area contributed by atoms with Gasteiger partial charge in [0.1, 0.15) is 13.1 Å². The number of hydrogen-bond acceptors (Lipinski definition) is 6. The fourth-order valence-corrected chi connectivity index (χ4v) is 2.27. The molecule has 0 N–H and O–H groups in total. The summed E-state index contributed by atoms with van der Waals surface area (Å²) in [6.07, 6.45) is 0. The summed E-state index contributed by atoms with van der Waals surface area (Å²) in [7, 11) is 2.44. The highest BCUT2D eigenvalue weighted by molar-refractivity contribution is 7.12. The number of aryl methyl sites for hydroxylation is 1. The summed E-state index contributed by atoms with van der Waals surface area (Å²) < 4.78 is 9.02. The zero-order valence-electron chi connectivity index (χ0n) is 11.0.